The Morgan fingerprint density at radius 3 is 2.43 bits per heavy atom. The Morgan fingerprint density at radius 2 is 1.91 bits per heavy atom. The molecule has 0 bridgehead atoms. The molecule has 0 N–H and O–H groups in total. The van der Waals surface area contributed by atoms with Crippen LogP contribution in [-0.2, 0) is 19.6 Å². The molecule has 1 saturated heterocycles. The van der Waals surface area contributed by atoms with Crippen molar-refractivity contribution in [2.24, 2.45) is 5.92 Å². The van der Waals surface area contributed by atoms with E-state index in [1.807, 2.05) is 6.07 Å². The van der Waals surface area contributed by atoms with Crippen molar-refractivity contribution >= 4 is 27.6 Å². The summed E-state index contributed by atoms with van der Waals surface area (Å²) in [7, 11) is -3.59. The predicted molar refractivity (Wildman–Crippen MR) is 84.1 cm³/mol. The van der Waals surface area contributed by atoms with Gasteiger partial charge < -0.3 is 4.74 Å². The Morgan fingerprint density at radius 1 is 1.35 bits per heavy atom. The molecular weight excluding hydrogens is 340 g/mol. The van der Waals surface area contributed by atoms with Gasteiger partial charge in [0.25, 0.3) is 0 Å². The lowest BCUT2D eigenvalue weighted by Crippen LogP contribution is -2.40. The number of hydrogen-bond acceptors (Lipinski definition) is 5. The largest absolute Gasteiger partial charge is 0.447 e. The Balaban J connectivity index is 2.00. The van der Waals surface area contributed by atoms with Crippen LogP contribution < -0.4 is 0 Å². The van der Waals surface area contributed by atoms with E-state index in [1.54, 1.807) is 0 Å². The normalized spacial score (nSPS) is 18.1. The molecule has 0 amide bonds. The topological polar surface area (TPSA) is 87.5 Å². The number of sulfonamides is 1. The predicted octanol–water partition coefficient (Wildman–Crippen LogP) is 2.20. The third-order valence-electron chi connectivity index (χ3n) is 3.71. The maximum atomic E-state index is 12.5. The van der Waals surface area contributed by atoms with E-state index in [4.69, 9.17) is 21.6 Å². The minimum Gasteiger partial charge on any atom is -0.447 e. The highest BCUT2D eigenvalue weighted by Crippen LogP contribution is 2.25. The number of carbonyl (C=O) groups is 1. The van der Waals surface area contributed by atoms with Gasteiger partial charge in [-0.25, -0.2) is 8.42 Å². The summed E-state index contributed by atoms with van der Waals surface area (Å²) in [5.41, 5.74) is 0. The molecule has 0 radical (unpaired) electrons. The SMILES string of the molecule is CC(C#N)OC(=O)C1CCN(S(=O)(=O)c2ccc(Cl)cc2)CC1. The van der Waals surface area contributed by atoms with Crippen LogP contribution in [0.25, 0.3) is 0 Å². The molecule has 2 rings (SSSR count). The summed E-state index contributed by atoms with van der Waals surface area (Å²) in [4.78, 5) is 12.1. The lowest BCUT2D eigenvalue weighted by Gasteiger charge is -2.30. The molecule has 0 aliphatic carbocycles. The molecule has 1 aromatic carbocycles. The van der Waals surface area contributed by atoms with Crippen molar-refractivity contribution in [3.63, 3.8) is 0 Å². The average molecular weight is 357 g/mol. The van der Waals surface area contributed by atoms with Gasteiger partial charge in [0.15, 0.2) is 6.10 Å². The van der Waals surface area contributed by atoms with Crippen molar-refractivity contribution < 1.29 is 17.9 Å². The van der Waals surface area contributed by atoms with Gasteiger partial charge in [0.05, 0.1) is 10.8 Å². The fourth-order valence-corrected chi connectivity index (χ4v) is 3.98. The summed E-state index contributed by atoms with van der Waals surface area (Å²) in [5, 5.41) is 9.12. The van der Waals surface area contributed by atoms with Gasteiger partial charge in [-0.05, 0) is 44.0 Å². The molecule has 1 heterocycles. The van der Waals surface area contributed by atoms with E-state index in [1.165, 1.54) is 35.5 Å². The van der Waals surface area contributed by atoms with E-state index in [0.29, 0.717) is 17.9 Å². The number of nitriles is 1. The first-order valence-corrected chi connectivity index (χ1v) is 9.02. The highest BCUT2D eigenvalue weighted by molar-refractivity contribution is 7.89. The Labute approximate surface area is 140 Å². The molecule has 124 valence electrons. The zero-order valence-corrected chi connectivity index (χ0v) is 14.2. The van der Waals surface area contributed by atoms with Gasteiger partial charge in [-0.1, -0.05) is 11.6 Å². The highest BCUT2D eigenvalue weighted by atomic mass is 35.5. The lowest BCUT2D eigenvalue weighted by atomic mass is 9.98. The number of rotatable bonds is 4. The molecular formula is C15H17ClN2O4S. The van der Waals surface area contributed by atoms with Gasteiger partial charge in [0.2, 0.25) is 10.0 Å². The van der Waals surface area contributed by atoms with Crippen LogP contribution in [0.3, 0.4) is 0 Å². The average Bonchev–Trinajstić information content (AvgIpc) is 2.55. The van der Waals surface area contributed by atoms with Crippen molar-refractivity contribution in [2.45, 2.75) is 30.8 Å². The van der Waals surface area contributed by atoms with E-state index >= 15 is 0 Å². The third-order valence-corrected chi connectivity index (χ3v) is 5.88. The summed E-state index contributed by atoms with van der Waals surface area (Å²) >= 11 is 5.77. The van der Waals surface area contributed by atoms with Crippen molar-refractivity contribution in [3.8, 4) is 6.07 Å². The van der Waals surface area contributed by atoms with Crippen molar-refractivity contribution in [3.05, 3.63) is 29.3 Å². The number of piperidine rings is 1. The first kappa shape index (κ1) is 17.7. The minimum atomic E-state index is -3.59. The molecule has 0 aromatic heterocycles. The first-order valence-electron chi connectivity index (χ1n) is 7.20. The molecule has 1 atom stereocenters. The Kier molecular flexibility index (Phi) is 5.63. The van der Waals surface area contributed by atoms with Gasteiger partial charge in [0, 0.05) is 18.1 Å². The van der Waals surface area contributed by atoms with Gasteiger partial charge >= 0.3 is 5.97 Å². The molecule has 6 nitrogen and oxygen atoms in total. The molecule has 1 aromatic rings. The minimum absolute atomic E-state index is 0.182. The van der Waals surface area contributed by atoms with Crippen LogP contribution in [0.2, 0.25) is 5.02 Å². The van der Waals surface area contributed by atoms with Gasteiger partial charge in [-0.3, -0.25) is 4.79 Å². The summed E-state index contributed by atoms with van der Waals surface area (Å²) in [6, 6.07) is 7.82. The first-order chi connectivity index (χ1) is 10.8. The van der Waals surface area contributed by atoms with Crippen molar-refractivity contribution in [2.75, 3.05) is 13.1 Å². The van der Waals surface area contributed by atoms with Crippen LogP contribution in [-0.4, -0.2) is 37.9 Å². The third kappa shape index (κ3) is 4.22. The fourth-order valence-electron chi connectivity index (χ4n) is 2.38. The summed E-state index contributed by atoms with van der Waals surface area (Å²) < 4.78 is 31.4. The number of hydrogen-bond donors (Lipinski definition) is 0. The van der Waals surface area contributed by atoms with Crippen LogP contribution in [0.1, 0.15) is 19.8 Å². The highest BCUT2D eigenvalue weighted by Gasteiger charge is 2.33. The monoisotopic (exact) mass is 356 g/mol. The molecule has 1 aliphatic rings. The second-order valence-electron chi connectivity index (χ2n) is 5.34. The molecule has 1 aliphatic heterocycles. The molecule has 0 spiro atoms. The van der Waals surface area contributed by atoms with Gasteiger partial charge in [-0.2, -0.15) is 9.57 Å². The van der Waals surface area contributed by atoms with Crippen molar-refractivity contribution in [1.82, 2.24) is 4.31 Å². The zero-order valence-electron chi connectivity index (χ0n) is 12.6. The molecule has 0 saturated carbocycles. The molecule has 23 heavy (non-hydrogen) atoms. The number of ether oxygens (including phenoxy) is 1. The maximum absolute atomic E-state index is 12.5. The van der Waals surface area contributed by atoms with E-state index in [2.05, 4.69) is 0 Å². The number of halogens is 1. The van der Waals surface area contributed by atoms with Crippen LogP contribution in [0.15, 0.2) is 29.2 Å². The second-order valence-corrected chi connectivity index (χ2v) is 7.71. The van der Waals surface area contributed by atoms with E-state index in [-0.39, 0.29) is 23.9 Å². The lowest BCUT2D eigenvalue weighted by molar-refractivity contribution is -0.152. The van der Waals surface area contributed by atoms with Crippen molar-refractivity contribution in [1.29, 1.82) is 5.26 Å². The van der Waals surface area contributed by atoms with Gasteiger partial charge in [0.1, 0.15) is 6.07 Å². The zero-order chi connectivity index (χ0) is 17.0. The van der Waals surface area contributed by atoms with Crippen LogP contribution in [0.5, 0.6) is 0 Å². The maximum Gasteiger partial charge on any atom is 0.310 e. The fraction of sp³-hybridized carbons (Fsp3) is 0.467. The molecule has 1 unspecified atom stereocenters. The van der Waals surface area contributed by atoms with Crippen LogP contribution in [0.4, 0.5) is 0 Å². The quantitative estimate of drug-likeness (QED) is 0.772. The summed E-state index contributed by atoms with van der Waals surface area (Å²) in [6.45, 7) is 1.98. The number of nitrogens with zero attached hydrogens (tertiary/aromatic N) is 2. The van der Waals surface area contributed by atoms with E-state index in [0.717, 1.165) is 0 Å². The molecule has 1 fully saturated rings. The Hall–Kier alpha value is -1.62. The van der Waals surface area contributed by atoms with Gasteiger partial charge in [-0.15, -0.1) is 0 Å². The second kappa shape index (κ2) is 7.30. The van der Waals surface area contributed by atoms with Crippen LogP contribution >= 0.6 is 11.6 Å². The smallest absolute Gasteiger partial charge is 0.310 e. The van der Waals surface area contributed by atoms with E-state index < -0.39 is 22.1 Å². The van der Waals surface area contributed by atoms with Crippen LogP contribution in [0, 0.1) is 17.2 Å². The Bertz CT molecular complexity index is 704. The standard InChI is InChI=1S/C15H17ClN2O4S/c1-11(10-17)22-15(19)12-6-8-18(9-7-12)23(20,21)14-4-2-13(16)3-5-14/h2-5,11-12H,6-9H2,1H3. The molecule has 8 heteroatoms. The number of esters is 1. The van der Waals surface area contributed by atoms with E-state index in [9.17, 15) is 13.2 Å². The number of carbonyl (C=O) groups excluding carboxylic acids is 1. The summed E-state index contributed by atoms with van der Waals surface area (Å²) in [6.07, 6.45) is -0.0357. The number of benzene rings is 1. The summed E-state index contributed by atoms with van der Waals surface area (Å²) in [5.74, 6) is -0.815.